The van der Waals surface area contributed by atoms with Crippen molar-refractivity contribution >= 4 is 23.2 Å². The first-order chi connectivity index (χ1) is 8.20. The van der Waals surface area contributed by atoms with Gasteiger partial charge in [-0.05, 0) is 53.0 Å². The van der Waals surface area contributed by atoms with Gasteiger partial charge in [-0.3, -0.25) is 0 Å². The number of hydrogen-bond donors (Lipinski definition) is 0. The lowest BCUT2D eigenvalue weighted by atomic mass is 10.2. The highest BCUT2D eigenvalue weighted by Gasteiger charge is 2.06. The number of hydrogen-bond acceptors (Lipinski definition) is 2. The van der Waals surface area contributed by atoms with E-state index >= 15 is 0 Å². The first-order valence-electron chi connectivity index (χ1n) is 6.69. The van der Waals surface area contributed by atoms with Crippen molar-refractivity contribution in [3.05, 3.63) is 0 Å². The molecule has 17 heavy (non-hydrogen) atoms. The van der Waals surface area contributed by atoms with Gasteiger partial charge in [0, 0.05) is 18.3 Å². The van der Waals surface area contributed by atoms with E-state index in [0.29, 0.717) is 0 Å². The first-order valence-corrected chi connectivity index (χ1v) is 7.76. The van der Waals surface area contributed by atoms with Crippen LogP contribution >= 0.6 is 23.2 Å². The Morgan fingerprint density at radius 1 is 0.941 bits per heavy atom. The van der Waals surface area contributed by atoms with Crippen molar-refractivity contribution in [2.75, 3.05) is 52.0 Å². The van der Waals surface area contributed by atoms with E-state index in [1.165, 1.54) is 38.8 Å². The van der Waals surface area contributed by atoms with Crippen LogP contribution in [0, 0.1) is 0 Å². The van der Waals surface area contributed by atoms with Crippen LogP contribution in [0.2, 0.25) is 0 Å². The third-order valence-corrected chi connectivity index (χ3v) is 3.27. The highest BCUT2D eigenvalue weighted by atomic mass is 35.5. The Morgan fingerprint density at radius 3 is 1.88 bits per heavy atom. The molecule has 104 valence electrons. The van der Waals surface area contributed by atoms with Gasteiger partial charge < -0.3 is 9.80 Å². The molecule has 0 aromatic heterocycles. The van der Waals surface area contributed by atoms with Crippen LogP contribution in [0.3, 0.4) is 0 Å². The van der Waals surface area contributed by atoms with Crippen LogP contribution in [-0.4, -0.2) is 61.8 Å². The topological polar surface area (TPSA) is 6.48 Å². The van der Waals surface area contributed by atoms with Crippen molar-refractivity contribution in [1.82, 2.24) is 9.80 Å². The molecular formula is C13H28Cl2N2. The molecule has 0 atom stereocenters. The molecule has 1 saturated heterocycles. The van der Waals surface area contributed by atoms with E-state index in [4.69, 9.17) is 23.2 Å². The molecule has 0 aliphatic carbocycles. The van der Waals surface area contributed by atoms with Gasteiger partial charge in [0.05, 0.1) is 0 Å². The lowest BCUT2D eigenvalue weighted by Gasteiger charge is -2.17. The van der Waals surface area contributed by atoms with Crippen molar-refractivity contribution in [1.29, 1.82) is 0 Å². The smallest absolute Gasteiger partial charge is 0.0351 e. The molecule has 2 nitrogen and oxygen atoms in total. The maximum Gasteiger partial charge on any atom is 0.0351 e. The minimum absolute atomic E-state index is 0.776. The van der Waals surface area contributed by atoms with Crippen molar-refractivity contribution in [3.63, 3.8) is 0 Å². The van der Waals surface area contributed by atoms with E-state index < -0.39 is 0 Å². The van der Waals surface area contributed by atoms with Gasteiger partial charge in [0.2, 0.25) is 0 Å². The minimum atomic E-state index is 0.776. The van der Waals surface area contributed by atoms with Crippen molar-refractivity contribution in [2.45, 2.75) is 32.1 Å². The SMILES string of the molecule is CN(C)CCCCl.ClCCN1CCCCCC1. The van der Waals surface area contributed by atoms with Crippen molar-refractivity contribution in [2.24, 2.45) is 0 Å². The summed E-state index contributed by atoms with van der Waals surface area (Å²) in [5.41, 5.74) is 0. The summed E-state index contributed by atoms with van der Waals surface area (Å²) in [5, 5.41) is 0. The van der Waals surface area contributed by atoms with Crippen molar-refractivity contribution in [3.8, 4) is 0 Å². The van der Waals surface area contributed by atoms with E-state index in [0.717, 1.165) is 31.3 Å². The molecule has 0 aromatic carbocycles. The molecule has 0 aromatic rings. The van der Waals surface area contributed by atoms with Crippen LogP contribution in [0.5, 0.6) is 0 Å². The molecule has 0 N–H and O–H groups in total. The van der Waals surface area contributed by atoms with Gasteiger partial charge in [0.15, 0.2) is 0 Å². The second kappa shape index (κ2) is 12.9. The zero-order chi connectivity index (χ0) is 12.9. The van der Waals surface area contributed by atoms with Crippen LogP contribution in [0.25, 0.3) is 0 Å². The van der Waals surface area contributed by atoms with Crippen LogP contribution in [-0.2, 0) is 0 Å². The van der Waals surface area contributed by atoms with Gasteiger partial charge in [-0.2, -0.15) is 0 Å². The normalized spacial score (nSPS) is 17.5. The Bertz CT molecular complexity index is 146. The summed E-state index contributed by atoms with van der Waals surface area (Å²) in [6, 6.07) is 0. The van der Waals surface area contributed by atoms with Crippen molar-refractivity contribution < 1.29 is 0 Å². The molecule has 0 radical (unpaired) electrons. The highest BCUT2D eigenvalue weighted by molar-refractivity contribution is 6.18. The van der Waals surface area contributed by atoms with Crippen LogP contribution in [0.15, 0.2) is 0 Å². The van der Waals surface area contributed by atoms with Gasteiger partial charge >= 0.3 is 0 Å². The average molecular weight is 283 g/mol. The molecule has 1 rings (SSSR count). The molecule has 1 heterocycles. The second-order valence-corrected chi connectivity index (χ2v) is 5.55. The Balaban J connectivity index is 0.000000325. The average Bonchev–Trinajstić information content (AvgIpc) is 2.56. The molecule has 0 spiro atoms. The summed E-state index contributed by atoms with van der Waals surface area (Å²) in [4.78, 5) is 4.60. The monoisotopic (exact) mass is 282 g/mol. The molecule has 4 heteroatoms. The Labute approximate surface area is 117 Å². The summed E-state index contributed by atoms with van der Waals surface area (Å²) in [6.45, 7) is 4.73. The zero-order valence-corrected chi connectivity index (χ0v) is 12.9. The van der Waals surface area contributed by atoms with E-state index in [2.05, 4.69) is 9.80 Å². The fraction of sp³-hybridized carbons (Fsp3) is 1.00. The molecular weight excluding hydrogens is 255 g/mol. The largest absolute Gasteiger partial charge is 0.309 e. The third kappa shape index (κ3) is 12.7. The molecule has 0 unspecified atom stereocenters. The van der Waals surface area contributed by atoms with Gasteiger partial charge in [-0.15, -0.1) is 23.2 Å². The quantitative estimate of drug-likeness (QED) is 0.714. The lowest BCUT2D eigenvalue weighted by Crippen LogP contribution is -2.26. The standard InChI is InChI=1S/C8H16ClN.C5H12ClN/c9-5-8-10-6-3-1-2-4-7-10;1-7(2)5-3-4-6/h1-8H2;3-5H2,1-2H3. The van der Waals surface area contributed by atoms with Crippen LogP contribution < -0.4 is 0 Å². The molecule has 1 fully saturated rings. The molecule has 1 aliphatic rings. The highest BCUT2D eigenvalue weighted by Crippen LogP contribution is 2.08. The zero-order valence-electron chi connectivity index (χ0n) is 11.4. The summed E-state index contributed by atoms with van der Waals surface area (Å²) < 4.78 is 0. The fourth-order valence-corrected chi connectivity index (χ4v) is 2.21. The van der Waals surface area contributed by atoms with E-state index in [1.54, 1.807) is 0 Å². The first kappa shape index (κ1) is 17.5. The number of rotatable bonds is 5. The van der Waals surface area contributed by atoms with Gasteiger partial charge in [-0.1, -0.05) is 12.8 Å². The maximum atomic E-state index is 5.65. The predicted molar refractivity (Wildman–Crippen MR) is 79.5 cm³/mol. The predicted octanol–water partition coefficient (Wildman–Crippen LogP) is 3.28. The lowest BCUT2D eigenvalue weighted by molar-refractivity contribution is 0.302. The number of halogens is 2. The Morgan fingerprint density at radius 2 is 1.53 bits per heavy atom. The number of nitrogens with zero attached hydrogens (tertiary/aromatic N) is 2. The molecule has 0 saturated carbocycles. The summed E-state index contributed by atoms with van der Waals surface area (Å²) in [5.74, 6) is 1.57. The number of alkyl halides is 2. The van der Waals surface area contributed by atoms with E-state index in [-0.39, 0.29) is 0 Å². The van der Waals surface area contributed by atoms with E-state index in [1.807, 2.05) is 14.1 Å². The Hall–Kier alpha value is 0.500. The molecule has 0 bridgehead atoms. The van der Waals surface area contributed by atoms with Gasteiger partial charge in [-0.25, -0.2) is 0 Å². The third-order valence-electron chi connectivity index (χ3n) is 2.84. The molecule has 0 amide bonds. The summed E-state index contributed by atoms with van der Waals surface area (Å²) in [6.07, 6.45) is 6.67. The molecule has 1 aliphatic heterocycles. The Kier molecular flexibility index (Phi) is 13.3. The fourth-order valence-electron chi connectivity index (χ4n) is 1.86. The van der Waals surface area contributed by atoms with Crippen LogP contribution in [0.1, 0.15) is 32.1 Å². The summed E-state index contributed by atoms with van der Waals surface area (Å²) >= 11 is 11.1. The number of likely N-dealkylation sites (tertiary alicyclic amines) is 1. The van der Waals surface area contributed by atoms with E-state index in [9.17, 15) is 0 Å². The van der Waals surface area contributed by atoms with Crippen LogP contribution in [0.4, 0.5) is 0 Å². The minimum Gasteiger partial charge on any atom is -0.309 e. The maximum absolute atomic E-state index is 5.65. The van der Waals surface area contributed by atoms with Gasteiger partial charge in [0.1, 0.15) is 0 Å². The van der Waals surface area contributed by atoms with Gasteiger partial charge in [0.25, 0.3) is 0 Å². The summed E-state index contributed by atoms with van der Waals surface area (Å²) in [7, 11) is 4.10. The second-order valence-electron chi connectivity index (χ2n) is 4.79.